The van der Waals surface area contributed by atoms with Gasteiger partial charge in [0.25, 0.3) is 5.56 Å². The minimum atomic E-state index is -0.467. The average molecular weight is 335 g/mol. The Morgan fingerprint density at radius 2 is 1.91 bits per heavy atom. The average Bonchev–Trinajstić information content (AvgIpc) is 2.48. The molecule has 2 rings (SSSR count). The molecule has 0 saturated carbocycles. The van der Waals surface area contributed by atoms with Crippen molar-refractivity contribution in [2.75, 3.05) is 5.32 Å². The van der Waals surface area contributed by atoms with Gasteiger partial charge in [0.1, 0.15) is 5.82 Å². The van der Waals surface area contributed by atoms with E-state index in [4.69, 9.17) is 0 Å². The molecule has 0 bridgehead atoms. The van der Waals surface area contributed by atoms with E-state index in [2.05, 4.69) is 15.3 Å². The minimum absolute atomic E-state index is 0.125. The van der Waals surface area contributed by atoms with Gasteiger partial charge in [-0.1, -0.05) is 25.6 Å². The largest absolute Gasteiger partial charge is 0.325 e. The van der Waals surface area contributed by atoms with Gasteiger partial charge in [-0.2, -0.15) is 0 Å². The quantitative estimate of drug-likeness (QED) is 0.650. The van der Waals surface area contributed by atoms with Crippen molar-refractivity contribution in [1.82, 2.24) is 9.97 Å². The number of carbonyl (C=O) groups is 1. The molecule has 1 aromatic heterocycles. The van der Waals surface area contributed by atoms with Gasteiger partial charge in [-0.25, -0.2) is 9.37 Å². The molecule has 2 aromatic rings. The molecule has 1 aromatic carbocycles. The summed E-state index contributed by atoms with van der Waals surface area (Å²) in [6.45, 7) is 5.60. The van der Waals surface area contributed by atoms with E-state index in [1.54, 1.807) is 6.92 Å². The fraction of sp³-hybridized carbons (Fsp3) is 0.312. The lowest BCUT2D eigenvalue weighted by atomic mass is 10.1. The fourth-order valence-electron chi connectivity index (χ4n) is 1.80. The molecule has 1 unspecified atom stereocenters. The molecule has 7 heteroatoms. The molecule has 122 valence electrons. The zero-order chi connectivity index (χ0) is 17.0. The molecule has 0 aliphatic carbocycles. The normalized spacial score (nSPS) is 12.2. The van der Waals surface area contributed by atoms with Gasteiger partial charge >= 0.3 is 0 Å². The zero-order valence-corrected chi connectivity index (χ0v) is 13.9. The van der Waals surface area contributed by atoms with Crippen LogP contribution in [0.3, 0.4) is 0 Å². The van der Waals surface area contributed by atoms with E-state index >= 15 is 0 Å². The van der Waals surface area contributed by atoms with Crippen molar-refractivity contribution in [2.45, 2.75) is 37.1 Å². The maximum atomic E-state index is 12.9. The Labute approximate surface area is 137 Å². The second kappa shape index (κ2) is 7.41. The number of aromatic amines is 1. The van der Waals surface area contributed by atoms with E-state index in [1.165, 1.54) is 42.1 Å². The molecule has 0 radical (unpaired) electrons. The number of hydrogen-bond acceptors (Lipinski definition) is 4. The van der Waals surface area contributed by atoms with Gasteiger partial charge in [-0.3, -0.25) is 9.59 Å². The topological polar surface area (TPSA) is 74.8 Å². The monoisotopic (exact) mass is 335 g/mol. The molecule has 0 aliphatic heterocycles. The number of amides is 1. The molecule has 0 spiro atoms. The lowest BCUT2D eigenvalue weighted by Gasteiger charge is -2.12. The number of benzene rings is 1. The Bertz CT molecular complexity index is 744. The summed E-state index contributed by atoms with van der Waals surface area (Å²) >= 11 is 1.17. The first-order valence-electron chi connectivity index (χ1n) is 7.19. The highest BCUT2D eigenvalue weighted by Gasteiger charge is 2.17. The van der Waals surface area contributed by atoms with E-state index in [9.17, 15) is 14.0 Å². The summed E-state index contributed by atoms with van der Waals surface area (Å²) in [6.07, 6.45) is 0. The Hall–Kier alpha value is -2.15. The predicted octanol–water partition coefficient (Wildman–Crippen LogP) is 3.15. The number of nitrogens with zero attached hydrogens (tertiary/aromatic N) is 1. The molecule has 2 N–H and O–H groups in total. The first-order valence-corrected chi connectivity index (χ1v) is 8.07. The van der Waals surface area contributed by atoms with Crippen LogP contribution in [0.15, 0.2) is 40.3 Å². The van der Waals surface area contributed by atoms with E-state index in [1.807, 2.05) is 13.8 Å². The van der Waals surface area contributed by atoms with Gasteiger partial charge < -0.3 is 10.3 Å². The minimum Gasteiger partial charge on any atom is -0.325 e. The van der Waals surface area contributed by atoms with Gasteiger partial charge in [0.15, 0.2) is 5.16 Å². The highest BCUT2D eigenvalue weighted by atomic mass is 32.2. The Kier molecular flexibility index (Phi) is 5.54. The molecule has 5 nitrogen and oxygen atoms in total. The summed E-state index contributed by atoms with van der Waals surface area (Å²) in [5.41, 5.74) is 0.959. The van der Waals surface area contributed by atoms with Crippen LogP contribution in [0.4, 0.5) is 10.1 Å². The third-order valence-electron chi connectivity index (χ3n) is 3.10. The smallest absolute Gasteiger partial charge is 0.251 e. The molecule has 0 fully saturated rings. The third-order valence-corrected chi connectivity index (χ3v) is 4.08. The summed E-state index contributed by atoms with van der Waals surface area (Å²) in [6, 6.07) is 6.99. The van der Waals surface area contributed by atoms with Gasteiger partial charge in [0.05, 0.1) is 10.9 Å². The molecule has 1 amide bonds. The van der Waals surface area contributed by atoms with Gasteiger partial charge in [0.2, 0.25) is 5.91 Å². The predicted molar refractivity (Wildman–Crippen MR) is 89.3 cm³/mol. The second-order valence-electron chi connectivity index (χ2n) is 5.39. The van der Waals surface area contributed by atoms with Gasteiger partial charge in [-0.15, -0.1) is 0 Å². The summed E-state index contributed by atoms with van der Waals surface area (Å²) < 4.78 is 12.9. The van der Waals surface area contributed by atoms with Gasteiger partial charge in [-0.05, 0) is 37.1 Å². The first kappa shape index (κ1) is 17.2. The number of halogens is 1. The van der Waals surface area contributed by atoms with Crippen molar-refractivity contribution >= 4 is 23.4 Å². The number of nitrogens with one attached hydrogen (secondary N) is 2. The van der Waals surface area contributed by atoms with Crippen LogP contribution >= 0.6 is 11.8 Å². The van der Waals surface area contributed by atoms with Crippen LogP contribution in [-0.2, 0) is 4.79 Å². The lowest BCUT2D eigenvalue weighted by Crippen LogP contribution is -2.23. The Balaban J connectivity index is 2.06. The summed E-state index contributed by atoms with van der Waals surface area (Å²) in [7, 11) is 0. The van der Waals surface area contributed by atoms with Crippen LogP contribution in [0.5, 0.6) is 0 Å². The van der Waals surface area contributed by atoms with Crippen LogP contribution in [0.1, 0.15) is 32.4 Å². The van der Waals surface area contributed by atoms with E-state index in [0.29, 0.717) is 16.5 Å². The number of aromatic nitrogens is 2. The molecule has 23 heavy (non-hydrogen) atoms. The number of hydrogen-bond donors (Lipinski definition) is 2. The molecule has 1 atom stereocenters. The number of rotatable bonds is 5. The van der Waals surface area contributed by atoms with Crippen LogP contribution < -0.4 is 10.9 Å². The second-order valence-corrected chi connectivity index (χ2v) is 6.72. The standard InChI is InChI=1S/C16H18FN3O2S/c1-9(2)13-8-14(21)20-16(19-13)23-10(3)15(22)18-12-6-4-11(17)5-7-12/h4-10H,1-3H3,(H,18,22)(H,19,20,21). The van der Waals surface area contributed by atoms with Crippen LogP contribution in [-0.4, -0.2) is 21.1 Å². The maximum Gasteiger partial charge on any atom is 0.251 e. The van der Waals surface area contributed by atoms with Crippen LogP contribution in [0.2, 0.25) is 0 Å². The Morgan fingerprint density at radius 1 is 1.26 bits per heavy atom. The third kappa shape index (κ3) is 4.92. The number of thioether (sulfide) groups is 1. The fourth-order valence-corrected chi connectivity index (χ4v) is 2.62. The van der Waals surface area contributed by atoms with Crippen molar-refractivity contribution in [3.8, 4) is 0 Å². The van der Waals surface area contributed by atoms with Crippen molar-refractivity contribution in [2.24, 2.45) is 0 Å². The van der Waals surface area contributed by atoms with Crippen molar-refractivity contribution in [3.63, 3.8) is 0 Å². The van der Waals surface area contributed by atoms with Crippen molar-refractivity contribution in [1.29, 1.82) is 0 Å². The summed E-state index contributed by atoms with van der Waals surface area (Å²) in [5.74, 6) is -0.489. The van der Waals surface area contributed by atoms with E-state index in [-0.39, 0.29) is 23.2 Å². The molecule has 0 aliphatic rings. The maximum absolute atomic E-state index is 12.9. The first-order chi connectivity index (χ1) is 10.8. The zero-order valence-electron chi connectivity index (χ0n) is 13.1. The summed E-state index contributed by atoms with van der Waals surface area (Å²) in [5, 5.41) is 2.63. The molecular weight excluding hydrogens is 317 g/mol. The van der Waals surface area contributed by atoms with Crippen LogP contribution in [0.25, 0.3) is 0 Å². The Morgan fingerprint density at radius 3 is 2.52 bits per heavy atom. The SMILES string of the molecule is CC(Sc1nc(C(C)C)cc(=O)[nH]1)C(=O)Nc1ccc(F)cc1. The number of anilines is 1. The lowest BCUT2D eigenvalue weighted by molar-refractivity contribution is -0.115. The van der Waals surface area contributed by atoms with Gasteiger partial charge in [0, 0.05) is 11.8 Å². The molecular formula is C16H18FN3O2S. The molecule has 0 saturated heterocycles. The van der Waals surface area contributed by atoms with Crippen molar-refractivity contribution < 1.29 is 9.18 Å². The van der Waals surface area contributed by atoms with Crippen molar-refractivity contribution in [3.05, 3.63) is 52.2 Å². The van der Waals surface area contributed by atoms with Crippen LogP contribution in [0, 0.1) is 5.82 Å². The number of H-pyrrole nitrogens is 1. The highest BCUT2D eigenvalue weighted by molar-refractivity contribution is 8.00. The summed E-state index contributed by atoms with van der Waals surface area (Å²) in [4.78, 5) is 30.8. The van der Waals surface area contributed by atoms with E-state index in [0.717, 1.165) is 0 Å². The highest BCUT2D eigenvalue weighted by Crippen LogP contribution is 2.21. The number of carbonyl (C=O) groups excluding carboxylic acids is 1. The molecule has 1 heterocycles. The van der Waals surface area contributed by atoms with E-state index < -0.39 is 5.25 Å².